The van der Waals surface area contributed by atoms with E-state index in [-0.39, 0.29) is 11.7 Å². The van der Waals surface area contributed by atoms with Crippen LogP contribution in [0.5, 0.6) is 0 Å². The Balaban J connectivity index is 1.74. The standard InChI is InChI=1S/C20H23FN2O3/c1-13-17(11-15-7-8-16(21)12-18(15)22-13)20(25)26-14(2)19(24)23-9-5-3-4-6-10-23/h7-8,11-12,14H,3-6,9-10H2,1-2H3. The summed E-state index contributed by atoms with van der Waals surface area (Å²) in [4.78, 5) is 31.1. The maximum atomic E-state index is 13.3. The molecule has 1 aliphatic rings. The number of aryl methyl sites for hydroxylation is 1. The number of likely N-dealkylation sites (tertiary alicyclic amines) is 1. The van der Waals surface area contributed by atoms with Crippen LogP contribution in [0, 0.1) is 12.7 Å². The maximum Gasteiger partial charge on any atom is 0.340 e. The molecule has 2 aromatic rings. The largest absolute Gasteiger partial charge is 0.449 e. The first-order chi connectivity index (χ1) is 12.5. The number of benzene rings is 1. The molecular formula is C20H23FN2O3. The molecule has 0 saturated carbocycles. The molecule has 6 heteroatoms. The lowest BCUT2D eigenvalue weighted by atomic mass is 10.1. The number of aromatic nitrogens is 1. The Hall–Kier alpha value is -2.50. The predicted octanol–water partition coefficient (Wildman–Crippen LogP) is 3.63. The lowest BCUT2D eigenvalue weighted by Crippen LogP contribution is -2.40. The van der Waals surface area contributed by atoms with Crippen LogP contribution in [0.3, 0.4) is 0 Å². The number of hydrogen-bond acceptors (Lipinski definition) is 4. The van der Waals surface area contributed by atoms with Crippen molar-refractivity contribution in [3.05, 3.63) is 41.3 Å². The monoisotopic (exact) mass is 358 g/mol. The van der Waals surface area contributed by atoms with Crippen molar-refractivity contribution in [2.45, 2.75) is 45.6 Å². The summed E-state index contributed by atoms with van der Waals surface area (Å²) in [5, 5.41) is 0.649. The Morgan fingerprint density at radius 2 is 1.85 bits per heavy atom. The third-order valence-electron chi connectivity index (χ3n) is 4.74. The first-order valence-corrected chi connectivity index (χ1v) is 9.02. The highest BCUT2D eigenvalue weighted by Crippen LogP contribution is 2.19. The van der Waals surface area contributed by atoms with Crippen molar-refractivity contribution in [3.8, 4) is 0 Å². The molecule has 1 saturated heterocycles. The molecule has 1 unspecified atom stereocenters. The lowest BCUT2D eigenvalue weighted by Gasteiger charge is -2.24. The van der Waals surface area contributed by atoms with Crippen LogP contribution in [0.4, 0.5) is 4.39 Å². The van der Waals surface area contributed by atoms with Crippen LogP contribution in [0.2, 0.25) is 0 Å². The van der Waals surface area contributed by atoms with E-state index in [0.717, 1.165) is 25.7 Å². The molecule has 3 rings (SSSR count). The minimum atomic E-state index is -0.844. The summed E-state index contributed by atoms with van der Waals surface area (Å²) >= 11 is 0. The number of hydrogen-bond donors (Lipinski definition) is 0. The van der Waals surface area contributed by atoms with Crippen LogP contribution in [0.15, 0.2) is 24.3 Å². The van der Waals surface area contributed by atoms with Crippen LogP contribution in [-0.2, 0) is 9.53 Å². The van der Waals surface area contributed by atoms with Gasteiger partial charge in [-0.2, -0.15) is 0 Å². The van der Waals surface area contributed by atoms with Gasteiger partial charge >= 0.3 is 5.97 Å². The van der Waals surface area contributed by atoms with Gasteiger partial charge in [-0.1, -0.05) is 12.8 Å². The van der Waals surface area contributed by atoms with Gasteiger partial charge < -0.3 is 9.64 Å². The van der Waals surface area contributed by atoms with E-state index in [2.05, 4.69) is 4.98 Å². The molecule has 0 radical (unpaired) electrons. The molecular weight excluding hydrogens is 335 g/mol. The van der Waals surface area contributed by atoms with Gasteiger partial charge in [0.05, 0.1) is 16.8 Å². The molecule has 1 aromatic carbocycles. The Morgan fingerprint density at radius 3 is 2.54 bits per heavy atom. The third-order valence-corrected chi connectivity index (χ3v) is 4.74. The number of carbonyl (C=O) groups excluding carboxylic acids is 2. The van der Waals surface area contributed by atoms with Gasteiger partial charge in [-0.25, -0.2) is 9.18 Å². The van der Waals surface area contributed by atoms with Crippen molar-refractivity contribution < 1.29 is 18.7 Å². The second kappa shape index (κ2) is 7.81. The van der Waals surface area contributed by atoms with E-state index in [4.69, 9.17) is 4.74 Å². The number of rotatable bonds is 3. The van der Waals surface area contributed by atoms with Crippen LogP contribution >= 0.6 is 0 Å². The third kappa shape index (κ3) is 4.00. The second-order valence-corrected chi connectivity index (χ2v) is 6.75. The van der Waals surface area contributed by atoms with E-state index < -0.39 is 12.1 Å². The van der Waals surface area contributed by atoms with Gasteiger partial charge in [0.1, 0.15) is 5.82 Å². The van der Waals surface area contributed by atoms with E-state index in [1.165, 1.54) is 12.1 Å². The zero-order chi connectivity index (χ0) is 18.7. The highest BCUT2D eigenvalue weighted by atomic mass is 19.1. The average molecular weight is 358 g/mol. The fourth-order valence-electron chi connectivity index (χ4n) is 3.27. The van der Waals surface area contributed by atoms with Gasteiger partial charge in [-0.15, -0.1) is 0 Å². The van der Waals surface area contributed by atoms with E-state index in [1.54, 1.807) is 30.9 Å². The number of esters is 1. The Labute approximate surface area is 152 Å². The fraction of sp³-hybridized carbons (Fsp3) is 0.450. The van der Waals surface area contributed by atoms with Crippen molar-refractivity contribution in [2.75, 3.05) is 13.1 Å². The maximum absolute atomic E-state index is 13.3. The number of amides is 1. The molecule has 26 heavy (non-hydrogen) atoms. The summed E-state index contributed by atoms with van der Waals surface area (Å²) in [6, 6.07) is 5.84. The molecule has 0 spiro atoms. The Bertz CT molecular complexity index is 829. The average Bonchev–Trinajstić information content (AvgIpc) is 2.89. The van der Waals surface area contributed by atoms with Crippen molar-refractivity contribution in [1.29, 1.82) is 0 Å². The highest BCUT2D eigenvalue weighted by Gasteiger charge is 2.25. The van der Waals surface area contributed by atoms with Crippen molar-refractivity contribution >= 4 is 22.8 Å². The van der Waals surface area contributed by atoms with Crippen LogP contribution in [0.1, 0.15) is 48.7 Å². The first-order valence-electron chi connectivity index (χ1n) is 9.02. The molecule has 1 aliphatic heterocycles. The minimum Gasteiger partial charge on any atom is -0.449 e. The predicted molar refractivity (Wildman–Crippen MR) is 96.4 cm³/mol. The van der Waals surface area contributed by atoms with E-state index in [1.807, 2.05) is 0 Å². The van der Waals surface area contributed by atoms with Crippen LogP contribution in [-0.4, -0.2) is 41.0 Å². The summed E-state index contributed by atoms with van der Waals surface area (Å²) in [6.07, 6.45) is 3.37. The summed E-state index contributed by atoms with van der Waals surface area (Å²) < 4.78 is 18.7. The van der Waals surface area contributed by atoms with Gasteiger partial charge in [0, 0.05) is 24.5 Å². The molecule has 0 aliphatic carbocycles. The number of halogens is 1. The molecule has 138 valence electrons. The van der Waals surface area contributed by atoms with Gasteiger partial charge in [0.25, 0.3) is 5.91 Å². The fourth-order valence-corrected chi connectivity index (χ4v) is 3.27. The number of fused-ring (bicyclic) bond motifs is 1. The zero-order valence-electron chi connectivity index (χ0n) is 15.1. The Kier molecular flexibility index (Phi) is 5.49. The minimum absolute atomic E-state index is 0.159. The molecule has 2 heterocycles. The van der Waals surface area contributed by atoms with Crippen LogP contribution < -0.4 is 0 Å². The van der Waals surface area contributed by atoms with Gasteiger partial charge in [0.2, 0.25) is 0 Å². The molecule has 0 bridgehead atoms. The smallest absolute Gasteiger partial charge is 0.340 e. The van der Waals surface area contributed by atoms with E-state index >= 15 is 0 Å². The van der Waals surface area contributed by atoms with E-state index in [0.29, 0.717) is 35.2 Å². The number of ether oxygens (including phenoxy) is 1. The van der Waals surface area contributed by atoms with Crippen LogP contribution in [0.25, 0.3) is 10.9 Å². The topological polar surface area (TPSA) is 59.5 Å². The lowest BCUT2D eigenvalue weighted by molar-refractivity contribution is -0.139. The van der Waals surface area contributed by atoms with Gasteiger partial charge in [-0.3, -0.25) is 9.78 Å². The Morgan fingerprint density at radius 1 is 1.15 bits per heavy atom. The molecule has 5 nitrogen and oxygen atoms in total. The van der Waals surface area contributed by atoms with Crippen molar-refractivity contribution in [2.24, 2.45) is 0 Å². The highest BCUT2D eigenvalue weighted by molar-refractivity contribution is 5.96. The quantitative estimate of drug-likeness (QED) is 0.786. The summed E-state index contributed by atoms with van der Waals surface area (Å²) in [6.45, 7) is 4.69. The summed E-state index contributed by atoms with van der Waals surface area (Å²) in [5.41, 5.74) is 1.22. The van der Waals surface area contributed by atoms with Crippen molar-refractivity contribution in [1.82, 2.24) is 9.88 Å². The molecule has 1 fully saturated rings. The van der Waals surface area contributed by atoms with E-state index in [9.17, 15) is 14.0 Å². The molecule has 1 atom stereocenters. The van der Waals surface area contributed by atoms with Gasteiger partial charge in [0.15, 0.2) is 6.10 Å². The van der Waals surface area contributed by atoms with Gasteiger partial charge in [-0.05, 0) is 44.9 Å². The first kappa shape index (κ1) is 18.3. The number of carbonyl (C=O) groups is 2. The zero-order valence-corrected chi connectivity index (χ0v) is 15.1. The number of nitrogens with zero attached hydrogens (tertiary/aromatic N) is 2. The number of pyridine rings is 1. The summed E-state index contributed by atoms with van der Waals surface area (Å²) in [7, 11) is 0. The molecule has 0 N–H and O–H groups in total. The summed E-state index contributed by atoms with van der Waals surface area (Å²) in [5.74, 6) is -1.12. The molecule has 1 amide bonds. The normalized spacial score (nSPS) is 16.2. The van der Waals surface area contributed by atoms with Crippen molar-refractivity contribution in [3.63, 3.8) is 0 Å². The SMILES string of the molecule is Cc1nc2cc(F)ccc2cc1C(=O)OC(C)C(=O)N1CCCCCC1. The second-order valence-electron chi connectivity index (χ2n) is 6.75. The molecule has 1 aromatic heterocycles.